The Labute approximate surface area is 208 Å². The van der Waals surface area contributed by atoms with Gasteiger partial charge in [0.05, 0.1) is 31.2 Å². The lowest BCUT2D eigenvalue weighted by Crippen LogP contribution is -2.37. The van der Waals surface area contributed by atoms with Crippen LogP contribution in [0, 0.1) is 5.82 Å². The molecule has 0 saturated carbocycles. The zero-order valence-electron chi connectivity index (χ0n) is 19.4. The molecule has 0 amide bonds. The Balaban J connectivity index is 1.41. The third-order valence-corrected chi connectivity index (χ3v) is 6.36. The molecule has 192 valence electrons. The first-order chi connectivity index (χ1) is 17.9. The number of rotatable bonds is 4. The van der Waals surface area contributed by atoms with Crippen molar-refractivity contribution in [1.82, 2.24) is 19.4 Å². The van der Waals surface area contributed by atoms with Gasteiger partial charge in [-0.05, 0) is 6.07 Å². The van der Waals surface area contributed by atoms with E-state index in [0.717, 1.165) is 0 Å². The molecule has 5 heterocycles. The minimum absolute atomic E-state index is 0.201. The Bertz CT molecular complexity index is 1440. The Morgan fingerprint density at radius 3 is 2.54 bits per heavy atom. The molecule has 0 N–H and O–H groups in total. The number of benzene rings is 1. The van der Waals surface area contributed by atoms with Gasteiger partial charge in [-0.1, -0.05) is 18.2 Å². The zero-order chi connectivity index (χ0) is 25.6. The third kappa shape index (κ3) is 4.58. The Morgan fingerprint density at radius 1 is 1.03 bits per heavy atom. The van der Waals surface area contributed by atoms with Crippen LogP contribution in [0.5, 0.6) is 5.75 Å². The minimum atomic E-state index is -4.86. The molecule has 0 radical (unpaired) electrons. The fourth-order valence-corrected chi connectivity index (χ4v) is 4.70. The van der Waals surface area contributed by atoms with Crippen LogP contribution in [0.3, 0.4) is 0 Å². The molecule has 37 heavy (non-hydrogen) atoms. The highest BCUT2D eigenvalue weighted by Gasteiger charge is 2.35. The summed E-state index contributed by atoms with van der Waals surface area (Å²) < 4.78 is 71.6. The van der Waals surface area contributed by atoms with E-state index in [0.29, 0.717) is 61.3 Å². The monoisotopic (exact) mass is 515 g/mol. The van der Waals surface area contributed by atoms with Crippen molar-refractivity contribution in [3.63, 3.8) is 0 Å². The SMILES string of the molecule is Fc1cc2nc3c(n2cc1-c1cnc(N2CCOCC2)nc1)C(c1ccccc1OC(F)(F)F)OCC3. The van der Waals surface area contributed by atoms with Crippen molar-refractivity contribution in [1.29, 1.82) is 0 Å². The molecule has 2 aliphatic rings. The van der Waals surface area contributed by atoms with E-state index in [1.54, 1.807) is 29.1 Å². The largest absolute Gasteiger partial charge is 0.573 e. The van der Waals surface area contributed by atoms with Gasteiger partial charge in [-0.2, -0.15) is 0 Å². The highest BCUT2D eigenvalue weighted by molar-refractivity contribution is 5.65. The molecule has 1 saturated heterocycles. The number of halogens is 4. The molecule has 0 bridgehead atoms. The first-order valence-electron chi connectivity index (χ1n) is 11.7. The fourth-order valence-electron chi connectivity index (χ4n) is 4.70. The van der Waals surface area contributed by atoms with Crippen LogP contribution < -0.4 is 9.64 Å². The van der Waals surface area contributed by atoms with Crippen molar-refractivity contribution in [3.05, 3.63) is 71.7 Å². The van der Waals surface area contributed by atoms with Crippen molar-refractivity contribution in [3.8, 4) is 16.9 Å². The molecular weight excluding hydrogens is 494 g/mol. The molecular formula is C25H21F4N5O3. The standard InChI is InChI=1S/C25H21F4N5O3/c26-18-11-21-32-19-5-8-36-23(16-3-1-2-4-20(16)37-25(27,28)29)22(19)34(21)14-17(18)15-12-30-24(31-13-15)33-6-9-35-10-7-33/h1-4,11-14,23H,5-10H2. The van der Waals surface area contributed by atoms with Gasteiger partial charge in [-0.15, -0.1) is 13.2 Å². The van der Waals surface area contributed by atoms with Gasteiger partial charge < -0.3 is 19.1 Å². The second-order valence-corrected chi connectivity index (χ2v) is 8.66. The summed E-state index contributed by atoms with van der Waals surface area (Å²) in [5.41, 5.74) is 2.34. The van der Waals surface area contributed by atoms with Crippen LogP contribution in [-0.2, 0) is 15.9 Å². The Kier molecular flexibility index (Phi) is 5.92. The van der Waals surface area contributed by atoms with E-state index in [4.69, 9.17) is 9.47 Å². The van der Waals surface area contributed by atoms with Gasteiger partial charge in [0.15, 0.2) is 0 Å². The van der Waals surface area contributed by atoms with E-state index < -0.39 is 18.3 Å². The summed E-state index contributed by atoms with van der Waals surface area (Å²) in [6.45, 7) is 2.75. The van der Waals surface area contributed by atoms with Crippen LogP contribution in [0.15, 0.2) is 48.9 Å². The first kappa shape index (κ1) is 23.6. The number of morpholine rings is 1. The maximum Gasteiger partial charge on any atom is 0.573 e. The van der Waals surface area contributed by atoms with Crippen LogP contribution in [0.2, 0.25) is 0 Å². The molecule has 1 unspecified atom stereocenters. The van der Waals surface area contributed by atoms with E-state index in [-0.39, 0.29) is 23.5 Å². The van der Waals surface area contributed by atoms with Crippen molar-refractivity contribution in [2.45, 2.75) is 18.9 Å². The summed E-state index contributed by atoms with van der Waals surface area (Å²) in [5, 5.41) is 0. The average Bonchev–Trinajstić information content (AvgIpc) is 3.26. The van der Waals surface area contributed by atoms with E-state index in [1.165, 1.54) is 24.3 Å². The van der Waals surface area contributed by atoms with Crippen LogP contribution in [0.25, 0.3) is 16.8 Å². The number of alkyl halides is 3. The van der Waals surface area contributed by atoms with Gasteiger partial charge in [0.2, 0.25) is 5.95 Å². The van der Waals surface area contributed by atoms with Crippen LogP contribution in [0.4, 0.5) is 23.5 Å². The fraction of sp³-hybridized carbons (Fsp3) is 0.320. The highest BCUT2D eigenvalue weighted by atomic mass is 19.4. The molecule has 12 heteroatoms. The maximum atomic E-state index is 15.2. The van der Waals surface area contributed by atoms with Crippen LogP contribution in [0.1, 0.15) is 23.1 Å². The molecule has 8 nitrogen and oxygen atoms in total. The average molecular weight is 515 g/mol. The lowest BCUT2D eigenvalue weighted by atomic mass is 10.0. The lowest BCUT2D eigenvalue weighted by molar-refractivity contribution is -0.275. The normalized spacial score (nSPS) is 18.2. The Morgan fingerprint density at radius 2 is 1.78 bits per heavy atom. The summed E-state index contributed by atoms with van der Waals surface area (Å²) in [6, 6.07) is 7.11. The van der Waals surface area contributed by atoms with Gasteiger partial charge in [0.25, 0.3) is 0 Å². The zero-order valence-corrected chi connectivity index (χ0v) is 19.4. The van der Waals surface area contributed by atoms with Crippen LogP contribution >= 0.6 is 0 Å². The van der Waals surface area contributed by atoms with Crippen molar-refractivity contribution >= 4 is 11.6 Å². The van der Waals surface area contributed by atoms with Gasteiger partial charge in [-0.3, -0.25) is 4.40 Å². The van der Waals surface area contributed by atoms with Crippen molar-refractivity contribution in [2.75, 3.05) is 37.8 Å². The number of anilines is 1. The van der Waals surface area contributed by atoms with Gasteiger partial charge >= 0.3 is 6.36 Å². The maximum absolute atomic E-state index is 15.2. The second-order valence-electron chi connectivity index (χ2n) is 8.66. The van der Waals surface area contributed by atoms with Gasteiger partial charge in [0, 0.05) is 60.9 Å². The predicted octanol–water partition coefficient (Wildman–Crippen LogP) is 4.33. The third-order valence-electron chi connectivity index (χ3n) is 6.36. The van der Waals surface area contributed by atoms with Crippen molar-refractivity contribution < 1.29 is 31.8 Å². The summed E-state index contributed by atoms with van der Waals surface area (Å²) >= 11 is 0. The summed E-state index contributed by atoms with van der Waals surface area (Å²) in [6.07, 6.45) is -0.674. The molecule has 0 spiro atoms. The molecule has 2 aliphatic heterocycles. The van der Waals surface area contributed by atoms with Crippen LogP contribution in [-0.4, -0.2) is 58.6 Å². The molecule has 3 aromatic heterocycles. The number of nitrogens with zero attached hydrogens (tertiary/aromatic N) is 5. The molecule has 1 aromatic carbocycles. The first-order valence-corrected chi connectivity index (χ1v) is 11.7. The topological polar surface area (TPSA) is 74.0 Å². The number of imidazole rings is 1. The van der Waals surface area contributed by atoms with Gasteiger partial charge in [-0.25, -0.2) is 19.3 Å². The Hall–Kier alpha value is -3.77. The second kappa shape index (κ2) is 9.27. The number of fused-ring (bicyclic) bond motifs is 3. The summed E-state index contributed by atoms with van der Waals surface area (Å²) in [7, 11) is 0. The number of pyridine rings is 1. The predicted molar refractivity (Wildman–Crippen MR) is 124 cm³/mol. The van der Waals surface area contributed by atoms with Crippen molar-refractivity contribution in [2.24, 2.45) is 0 Å². The number of para-hydroxylation sites is 1. The summed E-state index contributed by atoms with van der Waals surface area (Å²) in [4.78, 5) is 15.3. The van der Waals surface area contributed by atoms with E-state index in [2.05, 4.69) is 19.7 Å². The molecule has 6 rings (SSSR count). The number of hydrogen-bond acceptors (Lipinski definition) is 7. The lowest BCUT2D eigenvalue weighted by Gasteiger charge is -2.26. The highest BCUT2D eigenvalue weighted by Crippen LogP contribution is 2.40. The number of ether oxygens (including phenoxy) is 3. The molecule has 1 fully saturated rings. The van der Waals surface area contributed by atoms with E-state index >= 15 is 4.39 Å². The smallest absolute Gasteiger partial charge is 0.405 e. The number of hydrogen-bond donors (Lipinski definition) is 0. The van der Waals surface area contributed by atoms with E-state index in [1.807, 2.05) is 4.90 Å². The van der Waals surface area contributed by atoms with E-state index in [9.17, 15) is 13.2 Å². The molecule has 1 atom stereocenters. The summed E-state index contributed by atoms with van der Waals surface area (Å²) in [5.74, 6) is -0.351. The minimum Gasteiger partial charge on any atom is -0.405 e. The molecule has 0 aliphatic carbocycles. The quantitative estimate of drug-likeness (QED) is 0.375. The van der Waals surface area contributed by atoms with Gasteiger partial charge in [0.1, 0.15) is 23.3 Å². The number of aromatic nitrogens is 4. The molecule has 4 aromatic rings.